The third-order valence-corrected chi connectivity index (χ3v) is 7.54. The van der Waals surface area contributed by atoms with Crippen LogP contribution < -0.4 is 4.74 Å². The van der Waals surface area contributed by atoms with E-state index < -0.39 is 11.7 Å². The first-order valence-electron chi connectivity index (χ1n) is 13.6. The number of carbonyl (C=O) groups excluding carboxylic acids is 2. The lowest BCUT2D eigenvalue weighted by Gasteiger charge is -2.48. The second kappa shape index (κ2) is 11.2. The van der Waals surface area contributed by atoms with E-state index in [9.17, 15) is 14.7 Å². The molecule has 3 heterocycles. The van der Waals surface area contributed by atoms with Crippen molar-refractivity contribution in [3.05, 3.63) is 29.3 Å². The number of benzene rings is 1. The SMILES string of the molecule is CC(C)CC(=O)O[C@@H]1[C@H](N2CCCCC2)c2c(ccc(/C=C\C(=O)N3CCCCC3)c2O)OC1(C)C. The number of ether oxygens (including phenoxy) is 2. The van der Waals surface area contributed by atoms with Gasteiger partial charge in [-0.1, -0.05) is 20.3 Å². The molecular weight excluding hydrogens is 456 g/mol. The quantitative estimate of drug-likeness (QED) is 0.436. The molecule has 3 aliphatic rings. The van der Waals surface area contributed by atoms with Gasteiger partial charge in [0.1, 0.15) is 17.1 Å². The van der Waals surface area contributed by atoms with Gasteiger partial charge >= 0.3 is 5.97 Å². The highest BCUT2D eigenvalue weighted by Gasteiger charge is 2.50. The summed E-state index contributed by atoms with van der Waals surface area (Å²) in [6.45, 7) is 11.2. The van der Waals surface area contributed by atoms with E-state index in [0.717, 1.165) is 58.3 Å². The van der Waals surface area contributed by atoms with Gasteiger partial charge in [-0.05, 0) is 83.2 Å². The highest BCUT2D eigenvalue weighted by molar-refractivity contribution is 5.92. The highest BCUT2D eigenvalue weighted by atomic mass is 16.6. The number of likely N-dealkylation sites (tertiary alicyclic amines) is 2. The molecule has 0 spiro atoms. The zero-order chi connectivity index (χ0) is 25.9. The van der Waals surface area contributed by atoms with Crippen molar-refractivity contribution in [1.82, 2.24) is 9.80 Å². The third kappa shape index (κ3) is 5.88. The van der Waals surface area contributed by atoms with Crippen molar-refractivity contribution in [2.24, 2.45) is 5.92 Å². The Morgan fingerprint density at radius 3 is 2.36 bits per heavy atom. The number of aromatic hydroxyl groups is 1. The molecule has 0 radical (unpaired) electrons. The van der Waals surface area contributed by atoms with Crippen LogP contribution in [0.1, 0.15) is 89.8 Å². The summed E-state index contributed by atoms with van der Waals surface area (Å²) in [5.41, 5.74) is 0.443. The maximum Gasteiger partial charge on any atom is 0.306 e. The summed E-state index contributed by atoms with van der Waals surface area (Å²) < 4.78 is 12.5. The molecule has 2 saturated heterocycles. The van der Waals surface area contributed by atoms with Crippen molar-refractivity contribution in [3.63, 3.8) is 0 Å². The van der Waals surface area contributed by atoms with Gasteiger partial charge in [-0.3, -0.25) is 14.5 Å². The van der Waals surface area contributed by atoms with Crippen molar-refractivity contribution in [2.75, 3.05) is 26.2 Å². The Kier molecular flexibility index (Phi) is 8.28. The monoisotopic (exact) mass is 498 g/mol. The van der Waals surface area contributed by atoms with E-state index in [2.05, 4.69) is 4.90 Å². The minimum absolute atomic E-state index is 0.0303. The van der Waals surface area contributed by atoms with E-state index in [-0.39, 0.29) is 29.6 Å². The van der Waals surface area contributed by atoms with E-state index >= 15 is 0 Å². The van der Waals surface area contributed by atoms with Crippen molar-refractivity contribution in [2.45, 2.75) is 90.4 Å². The summed E-state index contributed by atoms with van der Waals surface area (Å²) in [5.74, 6) is 0.598. The van der Waals surface area contributed by atoms with Gasteiger partial charge in [0, 0.05) is 31.1 Å². The zero-order valence-corrected chi connectivity index (χ0v) is 22.3. The average Bonchev–Trinajstić information content (AvgIpc) is 2.84. The Balaban J connectivity index is 1.69. The maximum atomic E-state index is 12.8. The Labute approximate surface area is 215 Å². The minimum Gasteiger partial charge on any atom is -0.507 e. The second-order valence-electron chi connectivity index (χ2n) is 11.4. The first kappa shape index (κ1) is 26.5. The van der Waals surface area contributed by atoms with Crippen LogP contribution in [-0.2, 0) is 14.3 Å². The molecule has 0 bridgehead atoms. The second-order valence-corrected chi connectivity index (χ2v) is 11.4. The average molecular weight is 499 g/mol. The van der Waals surface area contributed by atoms with Gasteiger partial charge in [0.15, 0.2) is 6.10 Å². The Morgan fingerprint density at radius 1 is 1.08 bits per heavy atom. The molecule has 2 fully saturated rings. The van der Waals surface area contributed by atoms with E-state index in [1.54, 1.807) is 18.2 Å². The number of hydrogen-bond acceptors (Lipinski definition) is 6. The normalized spacial score (nSPS) is 24.4. The largest absolute Gasteiger partial charge is 0.507 e. The van der Waals surface area contributed by atoms with E-state index in [4.69, 9.17) is 9.47 Å². The van der Waals surface area contributed by atoms with E-state index in [1.165, 1.54) is 6.42 Å². The predicted octanol–water partition coefficient (Wildman–Crippen LogP) is 5.07. The van der Waals surface area contributed by atoms with Gasteiger partial charge in [0.25, 0.3) is 0 Å². The number of esters is 1. The molecule has 1 aromatic rings. The topological polar surface area (TPSA) is 79.3 Å². The molecule has 0 saturated carbocycles. The van der Waals surface area contributed by atoms with Crippen LogP contribution in [0.4, 0.5) is 0 Å². The van der Waals surface area contributed by atoms with Crippen LogP contribution in [0.25, 0.3) is 6.08 Å². The summed E-state index contributed by atoms with van der Waals surface area (Å²) in [6.07, 6.45) is 9.52. The molecule has 198 valence electrons. The standard InChI is InChI=1S/C29H42N2O5/c1-20(2)19-24(33)35-28-26(31-17-9-6-10-18-31)25-22(36-29(28,3)4)13-11-21(27(25)34)12-14-23(32)30-15-7-5-8-16-30/h11-14,20,26,28,34H,5-10,15-19H2,1-4H3/b14-12-/t26-,28-/m1/s1. The number of hydrogen-bond donors (Lipinski definition) is 1. The minimum atomic E-state index is -0.768. The van der Waals surface area contributed by atoms with Gasteiger partial charge in [-0.2, -0.15) is 0 Å². The van der Waals surface area contributed by atoms with Crippen LogP contribution in [-0.4, -0.2) is 64.7 Å². The van der Waals surface area contributed by atoms with Gasteiger partial charge in [-0.25, -0.2) is 0 Å². The molecule has 1 amide bonds. The molecule has 1 aromatic carbocycles. The maximum absolute atomic E-state index is 12.8. The van der Waals surface area contributed by atoms with E-state index in [0.29, 0.717) is 23.3 Å². The van der Waals surface area contributed by atoms with Crippen LogP contribution >= 0.6 is 0 Å². The number of rotatable bonds is 6. The molecule has 3 aliphatic heterocycles. The molecule has 4 rings (SSSR count). The number of piperidine rings is 2. The molecule has 36 heavy (non-hydrogen) atoms. The van der Waals surface area contributed by atoms with Crippen molar-refractivity contribution in [3.8, 4) is 11.5 Å². The highest BCUT2D eigenvalue weighted by Crippen LogP contribution is 2.50. The fraction of sp³-hybridized carbons (Fsp3) is 0.655. The summed E-state index contributed by atoms with van der Waals surface area (Å²) in [6, 6.07) is 3.33. The fourth-order valence-corrected chi connectivity index (χ4v) is 5.67. The number of phenols is 1. The molecule has 7 nitrogen and oxygen atoms in total. The Morgan fingerprint density at radius 2 is 1.72 bits per heavy atom. The van der Waals surface area contributed by atoms with Gasteiger partial charge in [0.05, 0.1) is 11.6 Å². The summed E-state index contributed by atoms with van der Waals surface area (Å²) >= 11 is 0. The molecule has 0 aromatic heterocycles. The smallest absolute Gasteiger partial charge is 0.306 e. The first-order chi connectivity index (χ1) is 17.2. The van der Waals surface area contributed by atoms with E-state index in [1.807, 2.05) is 38.7 Å². The van der Waals surface area contributed by atoms with Gasteiger partial charge < -0.3 is 19.5 Å². The number of nitrogens with zero attached hydrogens (tertiary/aromatic N) is 2. The lowest BCUT2D eigenvalue weighted by atomic mass is 9.83. The van der Waals surface area contributed by atoms with Crippen molar-refractivity contribution in [1.29, 1.82) is 0 Å². The lowest BCUT2D eigenvalue weighted by molar-refractivity contribution is -0.173. The van der Waals surface area contributed by atoms with Gasteiger partial charge in [0.2, 0.25) is 5.91 Å². The Hall–Kier alpha value is -2.54. The predicted molar refractivity (Wildman–Crippen MR) is 140 cm³/mol. The van der Waals surface area contributed by atoms with Crippen molar-refractivity contribution < 1.29 is 24.2 Å². The van der Waals surface area contributed by atoms with Crippen LogP contribution in [0.3, 0.4) is 0 Å². The number of carbonyl (C=O) groups is 2. The van der Waals surface area contributed by atoms with Crippen LogP contribution in [0.5, 0.6) is 11.5 Å². The number of phenolic OH excluding ortho intramolecular Hbond substituents is 1. The van der Waals surface area contributed by atoms with Crippen molar-refractivity contribution >= 4 is 18.0 Å². The fourth-order valence-electron chi connectivity index (χ4n) is 5.67. The zero-order valence-electron chi connectivity index (χ0n) is 22.3. The third-order valence-electron chi connectivity index (χ3n) is 7.54. The molecule has 1 N–H and O–H groups in total. The first-order valence-corrected chi connectivity index (χ1v) is 13.6. The molecule has 0 unspecified atom stereocenters. The van der Waals surface area contributed by atoms with Crippen LogP contribution in [0.2, 0.25) is 0 Å². The molecule has 0 aliphatic carbocycles. The summed E-state index contributed by atoms with van der Waals surface area (Å²) in [4.78, 5) is 29.7. The summed E-state index contributed by atoms with van der Waals surface area (Å²) in [5, 5.41) is 11.5. The molecular formula is C29H42N2O5. The molecule has 2 atom stereocenters. The lowest BCUT2D eigenvalue weighted by Crippen LogP contribution is -2.56. The summed E-state index contributed by atoms with van der Waals surface area (Å²) in [7, 11) is 0. The van der Waals surface area contributed by atoms with Crippen LogP contribution in [0, 0.1) is 5.92 Å². The van der Waals surface area contributed by atoms with Crippen LogP contribution in [0.15, 0.2) is 18.2 Å². The number of fused-ring (bicyclic) bond motifs is 1. The number of amides is 1. The Bertz CT molecular complexity index is 974. The molecule has 7 heteroatoms. The van der Waals surface area contributed by atoms with Gasteiger partial charge in [-0.15, -0.1) is 0 Å².